The lowest BCUT2D eigenvalue weighted by atomic mass is 10.1. The summed E-state index contributed by atoms with van der Waals surface area (Å²) in [5.74, 6) is 0.320. The second-order valence-electron chi connectivity index (χ2n) is 6.56. The van der Waals surface area contributed by atoms with E-state index in [1.807, 2.05) is 6.07 Å². The minimum atomic E-state index is -0.111. The summed E-state index contributed by atoms with van der Waals surface area (Å²) < 4.78 is 0. The molecule has 2 aromatic rings. The monoisotopic (exact) mass is 309 g/mol. The number of amides is 1. The molecule has 1 amide bonds. The van der Waals surface area contributed by atoms with Crippen LogP contribution in [-0.2, 0) is 6.42 Å². The molecular formula is C19H23N3O. The Bertz CT molecular complexity index is 694. The van der Waals surface area contributed by atoms with E-state index in [1.165, 1.54) is 11.3 Å². The molecule has 1 atom stereocenters. The van der Waals surface area contributed by atoms with Gasteiger partial charge >= 0.3 is 0 Å². The van der Waals surface area contributed by atoms with Crippen molar-refractivity contribution in [2.45, 2.75) is 33.2 Å². The number of pyridine rings is 1. The van der Waals surface area contributed by atoms with Crippen LogP contribution in [0.5, 0.6) is 0 Å². The molecule has 0 saturated carbocycles. The minimum Gasteiger partial charge on any atom is -0.350 e. The number of carbonyl (C=O) groups excluding carboxylic acids is 1. The standard InChI is InChI=1S/C19H23N3O/c1-13(2)11-21-19(23)17-9-8-16(12-20-17)22-14(3)10-15-6-4-5-7-18(15)22/h4-9,12-14H,10-11H2,1-3H3,(H,21,23). The third-order valence-corrected chi connectivity index (χ3v) is 4.14. The highest BCUT2D eigenvalue weighted by Gasteiger charge is 2.26. The molecule has 0 saturated heterocycles. The van der Waals surface area contributed by atoms with Crippen molar-refractivity contribution in [3.8, 4) is 0 Å². The second kappa shape index (κ2) is 6.41. The molecule has 0 aliphatic carbocycles. The maximum absolute atomic E-state index is 12.1. The summed E-state index contributed by atoms with van der Waals surface area (Å²) in [6.45, 7) is 7.02. The lowest BCUT2D eigenvalue weighted by Crippen LogP contribution is -2.28. The second-order valence-corrected chi connectivity index (χ2v) is 6.56. The van der Waals surface area contributed by atoms with Gasteiger partial charge in [-0.25, -0.2) is 4.98 Å². The summed E-state index contributed by atoms with van der Waals surface area (Å²) in [5.41, 5.74) is 4.09. The summed E-state index contributed by atoms with van der Waals surface area (Å²) in [6, 6.07) is 12.6. The molecule has 1 N–H and O–H groups in total. The predicted molar refractivity (Wildman–Crippen MR) is 93.2 cm³/mol. The van der Waals surface area contributed by atoms with Crippen LogP contribution in [0.2, 0.25) is 0 Å². The van der Waals surface area contributed by atoms with Crippen molar-refractivity contribution in [2.75, 3.05) is 11.4 Å². The lowest BCUT2D eigenvalue weighted by Gasteiger charge is -2.24. The molecule has 120 valence electrons. The molecule has 0 radical (unpaired) electrons. The van der Waals surface area contributed by atoms with Crippen molar-refractivity contribution >= 4 is 17.3 Å². The van der Waals surface area contributed by atoms with Gasteiger partial charge in [0.25, 0.3) is 5.91 Å². The van der Waals surface area contributed by atoms with Crippen LogP contribution >= 0.6 is 0 Å². The molecule has 1 aliphatic rings. The van der Waals surface area contributed by atoms with Gasteiger partial charge in [0, 0.05) is 18.3 Å². The molecular weight excluding hydrogens is 286 g/mol. The maximum Gasteiger partial charge on any atom is 0.269 e. The van der Waals surface area contributed by atoms with E-state index in [4.69, 9.17) is 0 Å². The molecule has 0 spiro atoms. The molecule has 4 heteroatoms. The molecule has 2 heterocycles. The van der Waals surface area contributed by atoms with Gasteiger partial charge in [-0.15, -0.1) is 0 Å². The number of nitrogens with one attached hydrogen (secondary N) is 1. The summed E-state index contributed by atoms with van der Waals surface area (Å²) in [4.78, 5) is 18.7. The third-order valence-electron chi connectivity index (χ3n) is 4.14. The number of aromatic nitrogens is 1. The fraction of sp³-hybridized carbons (Fsp3) is 0.368. The zero-order valence-electron chi connectivity index (χ0n) is 13.9. The van der Waals surface area contributed by atoms with Crippen molar-refractivity contribution in [1.29, 1.82) is 0 Å². The normalized spacial score (nSPS) is 16.5. The topological polar surface area (TPSA) is 45.2 Å². The summed E-state index contributed by atoms with van der Waals surface area (Å²) >= 11 is 0. The Morgan fingerprint density at radius 3 is 2.78 bits per heavy atom. The Morgan fingerprint density at radius 1 is 1.30 bits per heavy atom. The number of hydrogen-bond acceptors (Lipinski definition) is 3. The molecule has 0 fully saturated rings. The van der Waals surface area contributed by atoms with E-state index in [0.29, 0.717) is 24.2 Å². The largest absolute Gasteiger partial charge is 0.350 e. The smallest absolute Gasteiger partial charge is 0.269 e. The highest BCUT2D eigenvalue weighted by atomic mass is 16.1. The fourth-order valence-electron chi connectivity index (χ4n) is 3.01. The van der Waals surface area contributed by atoms with Crippen LogP contribution in [0, 0.1) is 5.92 Å². The molecule has 0 bridgehead atoms. The third kappa shape index (κ3) is 3.21. The summed E-state index contributed by atoms with van der Waals surface area (Å²) in [5, 5.41) is 2.90. The highest BCUT2D eigenvalue weighted by Crippen LogP contribution is 2.37. The van der Waals surface area contributed by atoms with Gasteiger partial charge in [-0.05, 0) is 43.0 Å². The van der Waals surface area contributed by atoms with Gasteiger partial charge in [0.15, 0.2) is 0 Å². The molecule has 23 heavy (non-hydrogen) atoms. The van der Waals surface area contributed by atoms with Crippen molar-refractivity contribution in [3.05, 3.63) is 53.9 Å². The Balaban J connectivity index is 1.79. The van der Waals surface area contributed by atoms with E-state index in [-0.39, 0.29) is 5.91 Å². The molecule has 1 aromatic heterocycles. The van der Waals surface area contributed by atoms with Gasteiger partial charge in [-0.1, -0.05) is 32.0 Å². The Kier molecular flexibility index (Phi) is 4.33. The number of para-hydroxylation sites is 1. The average molecular weight is 309 g/mol. The van der Waals surface area contributed by atoms with E-state index in [0.717, 1.165) is 12.1 Å². The van der Waals surface area contributed by atoms with Gasteiger partial charge in [-0.2, -0.15) is 0 Å². The number of anilines is 2. The SMILES string of the molecule is CC(C)CNC(=O)c1ccc(N2c3ccccc3CC2C)cn1. The van der Waals surface area contributed by atoms with Gasteiger partial charge in [-0.3, -0.25) is 4.79 Å². The first-order valence-corrected chi connectivity index (χ1v) is 8.17. The summed E-state index contributed by atoms with van der Waals surface area (Å²) in [7, 11) is 0. The van der Waals surface area contributed by atoms with Crippen LogP contribution in [0.3, 0.4) is 0 Å². The van der Waals surface area contributed by atoms with Gasteiger partial charge in [0.1, 0.15) is 5.69 Å². The van der Waals surface area contributed by atoms with Gasteiger partial charge in [0.05, 0.1) is 11.9 Å². The fourth-order valence-corrected chi connectivity index (χ4v) is 3.01. The van der Waals surface area contributed by atoms with Crippen molar-refractivity contribution < 1.29 is 4.79 Å². The zero-order valence-corrected chi connectivity index (χ0v) is 13.9. The Labute approximate surface area is 137 Å². The molecule has 3 rings (SSSR count). The van der Waals surface area contributed by atoms with Crippen LogP contribution in [0.4, 0.5) is 11.4 Å². The molecule has 1 unspecified atom stereocenters. The van der Waals surface area contributed by atoms with E-state index >= 15 is 0 Å². The van der Waals surface area contributed by atoms with E-state index in [1.54, 1.807) is 12.3 Å². The van der Waals surface area contributed by atoms with Crippen molar-refractivity contribution in [3.63, 3.8) is 0 Å². The van der Waals surface area contributed by atoms with Crippen LogP contribution in [0.1, 0.15) is 36.8 Å². The molecule has 1 aromatic carbocycles. The first kappa shape index (κ1) is 15.5. The molecule has 1 aliphatic heterocycles. The zero-order chi connectivity index (χ0) is 16.4. The van der Waals surface area contributed by atoms with Crippen LogP contribution in [-0.4, -0.2) is 23.5 Å². The van der Waals surface area contributed by atoms with Crippen LogP contribution < -0.4 is 10.2 Å². The predicted octanol–water partition coefficient (Wildman–Crippen LogP) is 3.55. The number of benzene rings is 1. The first-order valence-electron chi connectivity index (χ1n) is 8.17. The van der Waals surface area contributed by atoms with E-state index < -0.39 is 0 Å². The maximum atomic E-state index is 12.1. The van der Waals surface area contributed by atoms with Crippen LogP contribution in [0.25, 0.3) is 0 Å². The Hall–Kier alpha value is -2.36. The highest BCUT2D eigenvalue weighted by molar-refractivity contribution is 5.92. The lowest BCUT2D eigenvalue weighted by molar-refractivity contribution is 0.0944. The number of carbonyl (C=O) groups is 1. The minimum absolute atomic E-state index is 0.111. The van der Waals surface area contributed by atoms with Crippen molar-refractivity contribution in [2.24, 2.45) is 5.92 Å². The van der Waals surface area contributed by atoms with E-state index in [9.17, 15) is 4.79 Å². The number of hydrogen-bond donors (Lipinski definition) is 1. The summed E-state index contributed by atoms with van der Waals surface area (Å²) in [6.07, 6.45) is 2.83. The van der Waals surface area contributed by atoms with E-state index in [2.05, 4.69) is 60.2 Å². The molecule has 4 nitrogen and oxygen atoms in total. The van der Waals surface area contributed by atoms with Gasteiger partial charge < -0.3 is 10.2 Å². The van der Waals surface area contributed by atoms with Gasteiger partial charge in [0.2, 0.25) is 0 Å². The number of nitrogens with zero attached hydrogens (tertiary/aromatic N) is 2. The van der Waals surface area contributed by atoms with Crippen LogP contribution in [0.15, 0.2) is 42.6 Å². The Morgan fingerprint density at radius 2 is 2.09 bits per heavy atom. The average Bonchev–Trinajstić information content (AvgIpc) is 2.88. The van der Waals surface area contributed by atoms with Crippen molar-refractivity contribution in [1.82, 2.24) is 10.3 Å². The number of fused-ring (bicyclic) bond motifs is 1. The quantitative estimate of drug-likeness (QED) is 0.939. The number of rotatable bonds is 4. The first-order chi connectivity index (χ1) is 11.1.